The number of hydrogen-bond donors (Lipinski definition) is 0. The van der Waals surface area contributed by atoms with Crippen LogP contribution in [0.2, 0.25) is 0 Å². The molecule has 1 aliphatic heterocycles. The predicted molar refractivity (Wildman–Crippen MR) is 171 cm³/mol. The van der Waals surface area contributed by atoms with Crippen LogP contribution in [0, 0.1) is 14.9 Å². The number of halogens is 1. The second kappa shape index (κ2) is 13.5. The summed E-state index contributed by atoms with van der Waals surface area (Å²) >= 11 is 3.58. The number of ether oxygens (including phenoxy) is 2. The van der Waals surface area contributed by atoms with Gasteiger partial charge in [-0.15, -0.1) is 0 Å². The molecular weight excluding hydrogens is 645 g/mol. The molecule has 1 aliphatic rings. The molecule has 6 nitrogen and oxygen atoms in total. The van der Waals surface area contributed by atoms with E-state index in [9.17, 15) is 10.1 Å². The first-order valence-corrected chi connectivity index (χ1v) is 14.8. The maximum absolute atomic E-state index is 13.6. The molecule has 4 aromatic rings. The Labute approximate surface area is 257 Å². The Morgan fingerprint density at radius 3 is 2.37 bits per heavy atom. The van der Waals surface area contributed by atoms with Crippen molar-refractivity contribution < 1.29 is 14.3 Å². The number of nitrogens with zero attached hydrogens (tertiary/aromatic N) is 3. The number of benzene rings is 4. The number of methoxy groups -OCH3 is 1. The maximum atomic E-state index is 13.6. The molecule has 8 heteroatoms. The lowest BCUT2D eigenvalue weighted by Crippen LogP contribution is -2.28. The zero-order chi connectivity index (χ0) is 28.6. The SMILES string of the molecule is COc1cc(/C=C2\SC(=NCc3ccccc3)N(Cc3ccccc3)C2=O)cc(I)c1OCc1ccccc1C#N. The number of amides is 1. The number of thioether (sulfide) groups is 1. The van der Waals surface area contributed by atoms with E-state index in [1.165, 1.54) is 11.8 Å². The fourth-order valence-corrected chi connectivity index (χ4v) is 6.05. The normalized spacial score (nSPS) is 14.9. The average Bonchev–Trinajstić information content (AvgIpc) is 3.29. The summed E-state index contributed by atoms with van der Waals surface area (Å²) in [5.41, 5.74) is 4.30. The van der Waals surface area contributed by atoms with Crippen LogP contribution >= 0.6 is 34.4 Å². The van der Waals surface area contributed by atoms with Gasteiger partial charge in [-0.3, -0.25) is 14.7 Å². The Kier molecular flexibility index (Phi) is 9.39. The van der Waals surface area contributed by atoms with E-state index in [1.807, 2.05) is 97.1 Å². The smallest absolute Gasteiger partial charge is 0.267 e. The van der Waals surface area contributed by atoms with Crippen LogP contribution in [0.15, 0.2) is 107 Å². The van der Waals surface area contributed by atoms with Gasteiger partial charge >= 0.3 is 0 Å². The molecule has 5 rings (SSSR count). The molecule has 0 radical (unpaired) electrons. The number of rotatable bonds is 9. The van der Waals surface area contributed by atoms with Crippen LogP contribution in [-0.4, -0.2) is 23.1 Å². The third-order valence-electron chi connectivity index (χ3n) is 6.37. The van der Waals surface area contributed by atoms with Gasteiger partial charge in [0.15, 0.2) is 16.7 Å². The molecule has 0 bridgehead atoms. The van der Waals surface area contributed by atoms with Crippen molar-refractivity contribution in [2.45, 2.75) is 19.7 Å². The molecule has 0 spiro atoms. The Hall–Kier alpha value is -4.07. The van der Waals surface area contributed by atoms with Crippen LogP contribution in [-0.2, 0) is 24.5 Å². The Bertz CT molecular complexity index is 1650. The van der Waals surface area contributed by atoms with E-state index in [1.54, 1.807) is 18.1 Å². The molecule has 0 N–H and O–H groups in total. The summed E-state index contributed by atoms with van der Waals surface area (Å²) in [6, 6.07) is 33.3. The van der Waals surface area contributed by atoms with E-state index in [-0.39, 0.29) is 12.5 Å². The molecule has 0 atom stereocenters. The molecule has 0 unspecified atom stereocenters. The number of aliphatic imine (C=N–C) groups is 1. The lowest BCUT2D eigenvalue weighted by molar-refractivity contribution is -0.122. The van der Waals surface area contributed by atoms with Gasteiger partial charge in [-0.1, -0.05) is 78.9 Å². The van der Waals surface area contributed by atoms with Crippen LogP contribution in [0.25, 0.3) is 6.08 Å². The number of hydrogen-bond acceptors (Lipinski definition) is 6. The molecule has 1 amide bonds. The zero-order valence-corrected chi connectivity index (χ0v) is 25.3. The van der Waals surface area contributed by atoms with E-state index >= 15 is 0 Å². The number of nitriles is 1. The van der Waals surface area contributed by atoms with Crippen LogP contribution in [0.1, 0.15) is 27.8 Å². The topological polar surface area (TPSA) is 74.9 Å². The molecule has 0 aromatic heterocycles. The Balaban J connectivity index is 1.41. The summed E-state index contributed by atoms with van der Waals surface area (Å²) in [5, 5.41) is 10.1. The van der Waals surface area contributed by atoms with Gasteiger partial charge < -0.3 is 9.47 Å². The molecule has 1 heterocycles. The summed E-state index contributed by atoms with van der Waals surface area (Å²) in [6.07, 6.45) is 1.87. The van der Waals surface area contributed by atoms with Crippen molar-refractivity contribution in [3.8, 4) is 17.6 Å². The van der Waals surface area contributed by atoms with Crippen LogP contribution in [0.5, 0.6) is 11.5 Å². The van der Waals surface area contributed by atoms with Crippen molar-refractivity contribution in [1.82, 2.24) is 4.90 Å². The Morgan fingerprint density at radius 2 is 1.66 bits per heavy atom. The lowest BCUT2D eigenvalue weighted by Gasteiger charge is -2.16. The molecule has 1 saturated heterocycles. The van der Waals surface area contributed by atoms with Gasteiger partial charge in [0.1, 0.15) is 6.61 Å². The first-order chi connectivity index (χ1) is 20.1. The van der Waals surface area contributed by atoms with Crippen molar-refractivity contribution in [3.05, 3.63) is 133 Å². The quantitative estimate of drug-likeness (QED) is 0.137. The fraction of sp³-hybridized carbons (Fsp3) is 0.121. The predicted octanol–water partition coefficient (Wildman–Crippen LogP) is 7.42. The summed E-state index contributed by atoms with van der Waals surface area (Å²) in [7, 11) is 1.59. The van der Waals surface area contributed by atoms with Gasteiger partial charge in [0.25, 0.3) is 5.91 Å². The molecule has 204 valence electrons. The van der Waals surface area contributed by atoms with E-state index < -0.39 is 0 Å². The van der Waals surface area contributed by atoms with E-state index in [0.717, 1.165) is 25.8 Å². The van der Waals surface area contributed by atoms with Crippen LogP contribution in [0.4, 0.5) is 0 Å². The van der Waals surface area contributed by atoms with E-state index in [2.05, 4.69) is 28.7 Å². The molecule has 41 heavy (non-hydrogen) atoms. The summed E-state index contributed by atoms with van der Waals surface area (Å²) < 4.78 is 12.6. The van der Waals surface area contributed by atoms with Crippen molar-refractivity contribution in [2.24, 2.45) is 4.99 Å². The molecule has 1 fully saturated rings. The highest BCUT2D eigenvalue weighted by molar-refractivity contribution is 14.1. The summed E-state index contributed by atoms with van der Waals surface area (Å²) in [5.74, 6) is 1.05. The number of carbonyl (C=O) groups excluding carboxylic acids is 1. The van der Waals surface area contributed by atoms with Gasteiger partial charge in [-0.2, -0.15) is 5.26 Å². The van der Waals surface area contributed by atoms with Crippen molar-refractivity contribution in [2.75, 3.05) is 7.11 Å². The van der Waals surface area contributed by atoms with Crippen molar-refractivity contribution >= 4 is 51.5 Å². The fourth-order valence-electron chi connectivity index (χ4n) is 4.29. The molecule has 0 saturated carbocycles. The van der Waals surface area contributed by atoms with Crippen LogP contribution < -0.4 is 9.47 Å². The third-order valence-corrected chi connectivity index (χ3v) is 8.22. The van der Waals surface area contributed by atoms with Gasteiger partial charge in [-0.05, 0) is 75.3 Å². The summed E-state index contributed by atoms with van der Waals surface area (Å²) in [6.45, 7) is 1.16. The second-order valence-corrected chi connectivity index (χ2v) is 11.3. The standard InChI is InChI=1S/C33H26IN3O3S/c1-39-29-17-25(16-28(34)31(29)40-22-27-15-9-8-14-26(27)19-35)18-30-32(38)37(21-24-12-6-3-7-13-24)33(41-30)36-20-23-10-4-2-5-11-23/h2-18H,20-22H2,1H3/b30-18-,36-33?. The van der Waals surface area contributed by atoms with Crippen LogP contribution in [0.3, 0.4) is 0 Å². The minimum atomic E-state index is -0.0897. The zero-order valence-electron chi connectivity index (χ0n) is 22.3. The molecule has 4 aromatic carbocycles. The van der Waals surface area contributed by atoms with Gasteiger partial charge in [0.05, 0.1) is 40.3 Å². The minimum Gasteiger partial charge on any atom is -0.493 e. The van der Waals surface area contributed by atoms with E-state index in [0.29, 0.717) is 40.2 Å². The van der Waals surface area contributed by atoms with Gasteiger partial charge in [0, 0.05) is 5.56 Å². The summed E-state index contributed by atoms with van der Waals surface area (Å²) in [4.78, 5) is 20.8. The Morgan fingerprint density at radius 1 is 0.976 bits per heavy atom. The highest BCUT2D eigenvalue weighted by Gasteiger charge is 2.33. The first kappa shape index (κ1) is 28.5. The first-order valence-electron chi connectivity index (χ1n) is 12.9. The van der Waals surface area contributed by atoms with Crippen molar-refractivity contribution in [3.63, 3.8) is 0 Å². The largest absolute Gasteiger partial charge is 0.493 e. The maximum Gasteiger partial charge on any atom is 0.267 e. The minimum absolute atomic E-state index is 0.0897. The highest BCUT2D eigenvalue weighted by Crippen LogP contribution is 2.38. The average molecular weight is 672 g/mol. The van der Waals surface area contributed by atoms with Gasteiger partial charge in [-0.25, -0.2) is 0 Å². The lowest BCUT2D eigenvalue weighted by atomic mass is 10.1. The highest BCUT2D eigenvalue weighted by atomic mass is 127. The van der Waals surface area contributed by atoms with E-state index in [4.69, 9.17) is 14.5 Å². The monoisotopic (exact) mass is 671 g/mol. The second-order valence-electron chi connectivity index (χ2n) is 9.16. The molecular formula is C33H26IN3O3S. The van der Waals surface area contributed by atoms with Crippen molar-refractivity contribution in [1.29, 1.82) is 5.26 Å². The molecule has 0 aliphatic carbocycles. The number of amidine groups is 1. The number of carbonyl (C=O) groups is 1. The van der Waals surface area contributed by atoms with Gasteiger partial charge in [0.2, 0.25) is 0 Å². The third kappa shape index (κ3) is 6.99.